The minimum absolute atomic E-state index is 0.412. The number of hydrogen-bond acceptors (Lipinski definition) is 4. The molecule has 0 aliphatic rings. The smallest absolute Gasteiger partial charge is 0.330 e. The van der Waals surface area contributed by atoms with Crippen LogP contribution >= 0.6 is 27.3 Å². The molecular weight excluding hydrogens is 368 g/mol. The molecule has 2 aromatic rings. The van der Waals surface area contributed by atoms with Gasteiger partial charge in [-0.15, -0.1) is 11.3 Å². The molecule has 0 saturated heterocycles. The zero-order valence-electron chi connectivity index (χ0n) is 12.1. The van der Waals surface area contributed by atoms with Crippen LogP contribution in [0.4, 0.5) is 0 Å². The Morgan fingerprint density at radius 1 is 1.36 bits per heavy atom. The molecule has 0 radical (unpaired) electrons. The van der Waals surface area contributed by atoms with Crippen LogP contribution in [0.5, 0.6) is 0 Å². The summed E-state index contributed by atoms with van der Waals surface area (Å²) in [4.78, 5) is 28.5. The first-order valence-electron chi connectivity index (χ1n) is 6.67. The molecule has 0 bridgehead atoms. The summed E-state index contributed by atoms with van der Waals surface area (Å²) in [6.07, 6.45) is 0.744. The lowest BCUT2D eigenvalue weighted by Gasteiger charge is -2.14. The van der Waals surface area contributed by atoms with Gasteiger partial charge in [0.05, 0.1) is 10.7 Å². The number of aryl methyl sites for hydroxylation is 2. The molecule has 2 N–H and O–H groups in total. The number of benzene rings is 1. The predicted octanol–water partition coefficient (Wildman–Crippen LogP) is 3.33. The minimum Gasteiger partial charge on any atom is -0.479 e. The van der Waals surface area contributed by atoms with Gasteiger partial charge in [0.2, 0.25) is 0 Å². The van der Waals surface area contributed by atoms with Gasteiger partial charge in [-0.25, -0.2) is 9.78 Å². The fourth-order valence-corrected chi connectivity index (χ4v) is 3.13. The van der Waals surface area contributed by atoms with Gasteiger partial charge >= 0.3 is 5.97 Å². The third-order valence-corrected chi connectivity index (χ3v) is 4.90. The first kappa shape index (κ1) is 16.6. The van der Waals surface area contributed by atoms with Gasteiger partial charge < -0.3 is 10.4 Å². The van der Waals surface area contributed by atoms with E-state index in [-0.39, 0.29) is 0 Å². The van der Waals surface area contributed by atoms with Gasteiger partial charge in [0.25, 0.3) is 5.91 Å². The van der Waals surface area contributed by atoms with Crippen LogP contribution in [0.25, 0.3) is 0 Å². The van der Waals surface area contributed by atoms with Crippen LogP contribution in [0.15, 0.2) is 28.7 Å². The lowest BCUT2D eigenvalue weighted by Crippen LogP contribution is -2.33. The summed E-state index contributed by atoms with van der Waals surface area (Å²) >= 11 is 4.59. The fraction of sp³-hybridized carbons (Fsp3) is 0.267. The second-order valence-corrected chi connectivity index (χ2v) is 6.67. The van der Waals surface area contributed by atoms with E-state index in [1.807, 2.05) is 6.92 Å². The van der Waals surface area contributed by atoms with E-state index < -0.39 is 17.9 Å². The Morgan fingerprint density at radius 3 is 2.50 bits per heavy atom. The van der Waals surface area contributed by atoms with Gasteiger partial charge in [-0.3, -0.25) is 4.79 Å². The van der Waals surface area contributed by atoms with Crippen molar-refractivity contribution in [2.45, 2.75) is 26.3 Å². The first-order chi connectivity index (χ1) is 10.4. The van der Waals surface area contributed by atoms with Gasteiger partial charge in [0.1, 0.15) is 4.88 Å². The average molecular weight is 383 g/mol. The highest BCUT2D eigenvalue weighted by atomic mass is 79.9. The molecule has 0 spiro atoms. The molecular formula is C15H15BrN2O3S. The molecule has 0 aliphatic carbocycles. The summed E-state index contributed by atoms with van der Waals surface area (Å²) in [6.45, 7) is 3.71. The maximum Gasteiger partial charge on any atom is 0.330 e. The van der Waals surface area contributed by atoms with Crippen LogP contribution in [-0.4, -0.2) is 22.0 Å². The number of aliphatic carboxylic acids is 1. The molecule has 1 aromatic carbocycles. The molecule has 22 heavy (non-hydrogen) atoms. The number of carboxylic acid groups (broad SMARTS) is 1. The van der Waals surface area contributed by atoms with Gasteiger partial charge in [0, 0.05) is 4.47 Å². The Kier molecular flexibility index (Phi) is 5.31. The molecule has 0 fully saturated rings. The lowest BCUT2D eigenvalue weighted by atomic mass is 10.1. The third-order valence-electron chi connectivity index (χ3n) is 3.08. The standard InChI is InChI=1S/C15H15BrN2O3S/c1-3-11-17-8(2)13(22-11)14(19)18-12(15(20)21)9-4-6-10(16)7-5-9/h4-7,12H,3H2,1-2H3,(H,18,19)(H,20,21). The first-order valence-corrected chi connectivity index (χ1v) is 8.28. The van der Waals surface area contributed by atoms with E-state index in [1.54, 1.807) is 31.2 Å². The summed E-state index contributed by atoms with van der Waals surface area (Å²) in [7, 11) is 0. The largest absolute Gasteiger partial charge is 0.479 e. The van der Waals surface area contributed by atoms with Crippen molar-refractivity contribution in [3.63, 3.8) is 0 Å². The highest BCUT2D eigenvalue weighted by Gasteiger charge is 2.24. The van der Waals surface area contributed by atoms with Crippen molar-refractivity contribution in [2.24, 2.45) is 0 Å². The van der Waals surface area contributed by atoms with E-state index in [9.17, 15) is 14.7 Å². The van der Waals surface area contributed by atoms with Gasteiger partial charge in [-0.2, -0.15) is 0 Å². The van der Waals surface area contributed by atoms with Crippen LogP contribution in [0.3, 0.4) is 0 Å². The summed E-state index contributed by atoms with van der Waals surface area (Å²) in [6, 6.07) is 5.72. The highest BCUT2D eigenvalue weighted by Crippen LogP contribution is 2.21. The minimum atomic E-state index is -1.10. The zero-order valence-corrected chi connectivity index (χ0v) is 14.5. The second-order valence-electron chi connectivity index (χ2n) is 4.67. The zero-order chi connectivity index (χ0) is 16.3. The number of thiazole rings is 1. The van der Waals surface area contributed by atoms with Crippen LogP contribution in [0.1, 0.15) is 38.9 Å². The number of nitrogens with one attached hydrogen (secondary N) is 1. The number of halogens is 1. The number of amides is 1. The Hall–Kier alpha value is -1.73. The summed E-state index contributed by atoms with van der Waals surface area (Å²) in [5.74, 6) is -1.52. The molecule has 1 atom stereocenters. The quantitative estimate of drug-likeness (QED) is 0.830. The van der Waals surface area contributed by atoms with Crippen molar-refractivity contribution < 1.29 is 14.7 Å². The van der Waals surface area contributed by atoms with E-state index in [4.69, 9.17) is 0 Å². The second kappa shape index (κ2) is 7.02. The number of carbonyl (C=O) groups is 2. The predicted molar refractivity (Wildman–Crippen MR) is 88.2 cm³/mol. The molecule has 0 aliphatic heterocycles. The summed E-state index contributed by atoms with van der Waals surface area (Å²) in [5, 5.41) is 12.8. The summed E-state index contributed by atoms with van der Waals surface area (Å²) in [5.41, 5.74) is 1.14. The topological polar surface area (TPSA) is 79.3 Å². The van der Waals surface area contributed by atoms with Gasteiger partial charge in [-0.05, 0) is 31.0 Å². The van der Waals surface area contributed by atoms with E-state index >= 15 is 0 Å². The SMILES string of the molecule is CCc1nc(C)c(C(=O)NC(C(=O)O)c2ccc(Br)cc2)s1. The van der Waals surface area contributed by atoms with Crippen molar-refractivity contribution in [1.82, 2.24) is 10.3 Å². The molecule has 1 aromatic heterocycles. The number of rotatable bonds is 5. The maximum atomic E-state index is 12.3. The van der Waals surface area contributed by atoms with E-state index in [0.717, 1.165) is 15.9 Å². The summed E-state index contributed by atoms with van der Waals surface area (Å²) < 4.78 is 0.845. The molecule has 116 valence electrons. The molecule has 0 saturated carbocycles. The van der Waals surface area contributed by atoms with Crippen LogP contribution in [-0.2, 0) is 11.2 Å². The Morgan fingerprint density at radius 2 is 2.00 bits per heavy atom. The van der Waals surface area contributed by atoms with Crippen molar-refractivity contribution in [1.29, 1.82) is 0 Å². The number of nitrogens with zero attached hydrogens (tertiary/aromatic N) is 1. The van der Waals surface area contributed by atoms with E-state index in [2.05, 4.69) is 26.2 Å². The molecule has 2 rings (SSSR count). The number of hydrogen-bond donors (Lipinski definition) is 2. The number of carboxylic acids is 1. The molecule has 7 heteroatoms. The Balaban J connectivity index is 2.24. The Bertz CT molecular complexity index is 697. The van der Waals surface area contributed by atoms with E-state index in [0.29, 0.717) is 16.1 Å². The molecule has 1 heterocycles. The van der Waals surface area contributed by atoms with Crippen molar-refractivity contribution >= 4 is 39.1 Å². The van der Waals surface area contributed by atoms with Crippen molar-refractivity contribution in [3.8, 4) is 0 Å². The van der Waals surface area contributed by atoms with Crippen molar-refractivity contribution in [3.05, 3.63) is 49.9 Å². The number of aromatic nitrogens is 1. The van der Waals surface area contributed by atoms with Crippen molar-refractivity contribution in [2.75, 3.05) is 0 Å². The van der Waals surface area contributed by atoms with E-state index in [1.165, 1.54) is 11.3 Å². The normalized spacial score (nSPS) is 12.0. The molecule has 1 unspecified atom stereocenters. The van der Waals surface area contributed by atoms with Crippen LogP contribution in [0.2, 0.25) is 0 Å². The molecule has 5 nitrogen and oxygen atoms in total. The van der Waals surface area contributed by atoms with Gasteiger partial charge in [-0.1, -0.05) is 35.0 Å². The average Bonchev–Trinajstić information content (AvgIpc) is 2.86. The van der Waals surface area contributed by atoms with Crippen LogP contribution < -0.4 is 5.32 Å². The lowest BCUT2D eigenvalue weighted by molar-refractivity contribution is -0.139. The number of carbonyl (C=O) groups excluding carboxylic acids is 1. The maximum absolute atomic E-state index is 12.3. The van der Waals surface area contributed by atoms with Crippen LogP contribution in [0, 0.1) is 6.92 Å². The fourth-order valence-electron chi connectivity index (χ4n) is 1.95. The monoisotopic (exact) mass is 382 g/mol. The third kappa shape index (κ3) is 3.72. The molecule has 1 amide bonds. The Labute approximate surface area is 140 Å². The van der Waals surface area contributed by atoms with Gasteiger partial charge in [0.15, 0.2) is 6.04 Å². The highest BCUT2D eigenvalue weighted by molar-refractivity contribution is 9.10.